The van der Waals surface area contributed by atoms with E-state index in [2.05, 4.69) is 109 Å². The summed E-state index contributed by atoms with van der Waals surface area (Å²) < 4.78 is 0. The SMILES string of the molecule is CCCCCCc1ccc(N=CC(CC)=Nc2cc(C)c(CCCCCC)c(-c3ccccc3)c2)cc1CCCC.[CH2-]CCC.[CH3-].[Ni+2]. The van der Waals surface area contributed by atoms with Crippen LogP contribution < -0.4 is 0 Å². The topological polar surface area (TPSA) is 24.7 Å². The van der Waals surface area contributed by atoms with Gasteiger partial charge in [0, 0.05) is 6.21 Å². The molecule has 3 aromatic carbocycles. The second-order valence-corrected chi connectivity index (χ2v) is 12.4. The van der Waals surface area contributed by atoms with Gasteiger partial charge < -0.3 is 14.4 Å². The molecule has 3 rings (SSSR count). The van der Waals surface area contributed by atoms with Crippen molar-refractivity contribution in [2.24, 2.45) is 9.98 Å². The van der Waals surface area contributed by atoms with Gasteiger partial charge in [-0.25, -0.2) is 0 Å². The van der Waals surface area contributed by atoms with Gasteiger partial charge in [0.25, 0.3) is 0 Å². The summed E-state index contributed by atoms with van der Waals surface area (Å²) >= 11 is 0. The zero-order chi connectivity index (χ0) is 32.7. The maximum atomic E-state index is 5.10. The molecular weight excluding hydrogens is 615 g/mol. The molecule has 0 aliphatic rings. The van der Waals surface area contributed by atoms with E-state index in [1.807, 2.05) is 6.21 Å². The number of nitrogens with zero attached hydrogens (tertiary/aromatic N) is 2. The van der Waals surface area contributed by atoms with E-state index < -0.39 is 0 Å². The van der Waals surface area contributed by atoms with Crippen molar-refractivity contribution < 1.29 is 16.5 Å². The Kier molecular flexibility index (Phi) is 26.0. The molecule has 0 aliphatic carbocycles. The number of hydrogen-bond acceptors (Lipinski definition) is 2. The molecule has 2 nitrogen and oxygen atoms in total. The summed E-state index contributed by atoms with van der Waals surface area (Å²) in [5.41, 5.74) is 11.5. The van der Waals surface area contributed by atoms with E-state index in [0.717, 1.165) is 42.8 Å². The van der Waals surface area contributed by atoms with E-state index in [9.17, 15) is 0 Å². The predicted molar refractivity (Wildman–Crippen MR) is 210 cm³/mol. The van der Waals surface area contributed by atoms with Crippen molar-refractivity contribution in [3.05, 3.63) is 97.3 Å². The second kappa shape index (κ2) is 27.4. The van der Waals surface area contributed by atoms with Crippen molar-refractivity contribution in [1.82, 2.24) is 0 Å². The summed E-state index contributed by atoms with van der Waals surface area (Å²) in [6.07, 6.45) is 21.3. The fourth-order valence-electron chi connectivity index (χ4n) is 5.59. The molecule has 262 valence electrons. The first-order valence-electron chi connectivity index (χ1n) is 18.2. The smallest absolute Gasteiger partial charge is 0.358 e. The van der Waals surface area contributed by atoms with E-state index >= 15 is 0 Å². The number of benzene rings is 3. The van der Waals surface area contributed by atoms with Crippen molar-refractivity contribution in [1.29, 1.82) is 0 Å². The van der Waals surface area contributed by atoms with Crippen LogP contribution in [0.15, 0.2) is 70.6 Å². The molecule has 3 heteroatoms. The number of rotatable bonds is 19. The molecule has 0 amide bonds. The summed E-state index contributed by atoms with van der Waals surface area (Å²) in [6, 6.07) is 22.2. The molecule has 0 bridgehead atoms. The largest absolute Gasteiger partial charge is 2.00 e. The molecule has 0 saturated heterocycles. The zero-order valence-electron chi connectivity index (χ0n) is 31.1. The van der Waals surface area contributed by atoms with Gasteiger partial charge in [0.1, 0.15) is 0 Å². The third-order valence-corrected chi connectivity index (χ3v) is 8.46. The number of unbranched alkanes of at least 4 members (excludes halogenated alkanes) is 8. The van der Waals surface area contributed by atoms with Crippen molar-refractivity contribution in [2.75, 3.05) is 0 Å². The average molecular weight is 682 g/mol. The van der Waals surface area contributed by atoms with Crippen LogP contribution in [0.2, 0.25) is 0 Å². The van der Waals surface area contributed by atoms with Gasteiger partial charge in [-0.2, -0.15) is 6.42 Å². The van der Waals surface area contributed by atoms with Crippen LogP contribution in [0.5, 0.6) is 0 Å². The van der Waals surface area contributed by atoms with Gasteiger partial charge in [-0.05, 0) is 110 Å². The van der Waals surface area contributed by atoms with Gasteiger partial charge in [-0.1, -0.05) is 122 Å². The minimum absolute atomic E-state index is 0. The van der Waals surface area contributed by atoms with Crippen LogP contribution >= 0.6 is 0 Å². The van der Waals surface area contributed by atoms with Gasteiger partial charge in [0.05, 0.1) is 17.1 Å². The van der Waals surface area contributed by atoms with Crippen molar-refractivity contribution in [3.8, 4) is 11.1 Å². The molecule has 0 unspecified atom stereocenters. The maximum Gasteiger partial charge on any atom is 2.00 e. The van der Waals surface area contributed by atoms with Crippen molar-refractivity contribution in [2.45, 2.75) is 144 Å². The summed E-state index contributed by atoms with van der Waals surface area (Å²) in [7, 11) is 0. The summed E-state index contributed by atoms with van der Waals surface area (Å²) in [4.78, 5) is 10.0. The average Bonchev–Trinajstić information content (AvgIpc) is 3.07. The number of aryl methyl sites for hydroxylation is 3. The molecule has 0 aliphatic heterocycles. The monoisotopic (exact) mass is 680 g/mol. The first kappa shape index (κ1) is 44.5. The Morgan fingerprint density at radius 3 is 1.87 bits per heavy atom. The molecule has 0 aromatic heterocycles. The molecule has 0 heterocycles. The third-order valence-electron chi connectivity index (χ3n) is 8.46. The van der Waals surface area contributed by atoms with Gasteiger partial charge in [-0.3, -0.25) is 9.98 Å². The van der Waals surface area contributed by atoms with Crippen LogP contribution in [-0.2, 0) is 35.8 Å². The van der Waals surface area contributed by atoms with Gasteiger partial charge in [0.15, 0.2) is 0 Å². The van der Waals surface area contributed by atoms with Crippen molar-refractivity contribution in [3.63, 3.8) is 0 Å². The quantitative estimate of drug-likeness (QED) is 0.0521. The van der Waals surface area contributed by atoms with Crippen LogP contribution in [-0.4, -0.2) is 11.9 Å². The van der Waals surface area contributed by atoms with Gasteiger partial charge >= 0.3 is 16.5 Å². The minimum Gasteiger partial charge on any atom is -0.358 e. The Labute approximate surface area is 301 Å². The normalized spacial score (nSPS) is 11.1. The Balaban J connectivity index is 0.00000333. The van der Waals surface area contributed by atoms with E-state index in [-0.39, 0.29) is 23.9 Å². The van der Waals surface area contributed by atoms with Crippen LogP contribution in [0, 0.1) is 21.3 Å². The molecular formula is C44H66N2Ni. The first-order chi connectivity index (χ1) is 22.0. The fraction of sp³-hybridized carbons (Fsp3) is 0.500. The molecule has 0 radical (unpaired) electrons. The van der Waals surface area contributed by atoms with Crippen LogP contribution in [0.3, 0.4) is 0 Å². The molecule has 0 N–H and O–H groups in total. The van der Waals surface area contributed by atoms with E-state index in [4.69, 9.17) is 9.98 Å². The standard InChI is InChI=1S/C39H54N2.C4H9.CH3.Ni/c1-6-10-13-16-21-32-25-26-36(28-34(32)20-12-8-3)40-30-35(9-4)41-37-27-31(5)38(24-19-14-11-7-2)39(29-37)33-22-17-15-18-23-33;1-3-4-2;;/h15,17-18,22-23,25-30H,6-14,16,19-21,24H2,1-5H3;1,3-4H2,2H3;1H3;/q;2*-1;+2. The van der Waals surface area contributed by atoms with Crippen LogP contribution in [0.25, 0.3) is 11.1 Å². The van der Waals surface area contributed by atoms with Gasteiger partial charge in [-0.15, -0.1) is 0 Å². The number of hydrogen-bond donors (Lipinski definition) is 0. The Morgan fingerprint density at radius 1 is 0.660 bits per heavy atom. The summed E-state index contributed by atoms with van der Waals surface area (Å²) in [5.74, 6) is 0. The Bertz CT molecular complexity index is 1270. The molecule has 0 spiro atoms. The predicted octanol–water partition coefficient (Wildman–Crippen LogP) is 14.2. The van der Waals surface area contributed by atoms with E-state index in [1.165, 1.54) is 110 Å². The molecule has 3 aromatic rings. The molecule has 0 fully saturated rings. The summed E-state index contributed by atoms with van der Waals surface area (Å²) in [5, 5.41) is 0. The van der Waals surface area contributed by atoms with E-state index in [1.54, 1.807) is 0 Å². The first-order valence-corrected chi connectivity index (χ1v) is 18.2. The molecule has 0 saturated carbocycles. The van der Waals surface area contributed by atoms with E-state index in [0.29, 0.717) is 0 Å². The third kappa shape index (κ3) is 16.9. The zero-order valence-corrected chi connectivity index (χ0v) is 32.1. The van der Waals surface area contributed by atoms with Crippen molar-refractivity contribution >= 4 is 23.3 Å². The minimum atomic E-state index is 0. The number of aliphatic imine (C=N–C) groups is 2. The van der Waals surface area contributed by atoms with Crippen LogP contribution in [0.4, 0.5) is 11.4 Å². The van der Waals surface area contributed by atoms with Gasteiger partial charge in [0.2, 0.25) is 0 Å². The molecule has 47 heavy (non-hydrogen) atoms. The molecule has 0 atom stereocenters. The Hall–Kier alpha value is -2.51. The second-order valence-electron chi connectivity index (χ2n) is 12.4. The summed E-state index contributed by atoms with van der Waals surface area (Å²) in [6.45, 7) is 17.0. The fourth-order valence-corrected chi connectivity index (χ4v) is 5.59. The maximum absolute atomic E-state index is 5.10. The Morgan fingerprint density at radius 2 is 1.28 bits per heavy atom. The van der Waals surface area contributed by atoms with Crippen LogP contribution in [0.1, 0.15) is 140 Å².